The molecule has 0 N–H and O–H groups in total. The normalized spacial score (nSPS) is 22.4. The van der Waals surface area contributed by atoms with Gasteiger partial charge in [0.25, 0.3) is 0 Å². The third kappa shape index (κ3) is 2.55. The van der Waals surface area contributed by atoms with Gasteiger partial charge in [0.15, 0.2) is 0 Å². The molecule has 1 aromatic rings. The first-order valence-electron chi connectivity index (χ1n) is 7.06. The van der Waals surface area contributed by atoms with Gasteiger partial charge in [-0.1, -0.05) is 0 Å². The number of hydrogen-bond acceptors (Lipinski definition) is 3. The minimum absolute atomic E-state index is 0.0605. The van der Waals surface area contributed by atoms with Crippen LogP contribution in [-0.4, -0.2) is 51.0 Å². The fourth-order valence-corrected chi connectivity index (χ4v) is 2.85. The molecule has 2 amide bonds. The van der Waals surface area contributed by atoms with Crippen LogP contribution in [0.25, 0.3) is 0 Å². The summed E-state index contributed by atoms with van der Waals surface area (Å²) in [4.78, 5) is 27.9. The number of amides is 2. The van der Waals surface area contributed by atoms with Crippen molar-refractivity contribution in [1.29, 1.82) is 0 Å². The highest BCUT2D eigenvalue weighted by atomic mass is 16.2. The van der Waals surface area contributed by atoms with Crippen LogP contribution in [0.15, 0.2) is 12.4 Å². The number of rotatable bonds is 4. The van der Waals surface area contributed by atoms with Crippen molar-refractivity contribution in [2.45, 2.75) is 31.8 Å². The lowest BCUT2D eigenvalue weighted by Gasteiger charge is -2.20. The summed E-state index contributed by atoms with van der Waals surface area (Å²) in [5.74, 6) is 0.0238. The van der Waals surface area contributed by atoms with Crippen molar-refractivity contribution < 1.29 is 9.59 Å². The van der Waals surface area contributed by atoms with Gasteiger partial charge in [0.1, 0.15) is 0 Å². The number of hydrogen-bond donors (Lipinski definition) is 0. The van der Waals surface area contributed by atoms with Crippen molar-refractivity contribution in [1.82, 2.24) is 19.6 Å². The highest BCUT2D eigenvalue weighted by molar-refractivity contribution is 5.89. The van der Waals surface area contributed by atoms with E-state index in [-0.39, 0.29) is 17.7 Å². The van der Waals surface area contributed by atoms with Gasteiger partial charge in [-0.3, -0.25) is 14.3 Å². The van der Waals surface area contributed by atoms with E-state index in [1.807, 2.05) is 18.1 Å². The predicted molar refractivity (Wildman–Crippen MR) is 72.5 cm³/mol. The first kappa shape index (κ1) is 13.1. The summed E-state index contributed by atoms with van der Waals surface area (Å²) in [6.45, 7) is 1.14. The highest BCUT2D eigenvalue weighted by Crippen LogP contribution is 2.33. The Hall–Kier alpha value is -1.85. The molecule has 0 aromatic carbocycles. The van der Waals surface area contributed by atoms with Gasteiger partial charge in [-0.15, -0.1) is 0 Å². The van der Waals surface area contributed by atoms with Gasteiger partial charge in [0, 0.05) is 51.4 Å². The molecule has 2 heterocycles. The van der Waals surface area contributed by atoms with Crippen LogP contribution in [0.3, 0.4) is 0 Å². The van der Waals surface area contributed by atoms with Crippen LogP contribution in [0.1, 0.15) is 24.8 Å². The van der Waals surface area contributed by atoms with Gasteiger partial charge in [-0.05, 0) is 12.8 Å². The second-order valence-corrected chi connectivity index (χ2v) is 5.89. The monoisotopic (exact) mass is 276 g/mol. The summed E-state index contributed by atoms with van der Waals surface area (Å²) in [5.41, 5.74) is 1.01. The van der Waals surface area contributed by atoms with Gasteiger partial charge < -0.3 is 9.80 Å². The van der Waals surface area contributed by atoms with Crippen LogP contribution in [0, 0.1) is 5.92 Å². The smallest absolute Gasteiger partial charge is 0.228 e. The lowest BCUT2D eigenvalue weighted by atomic mass is 10.1. The molecule has 20 heavy (non-hydrogen) atoms. The Kier molecular flexibility index (Phi) is 3.23. The van der Waals surface area contributed by atoms with Crippen LogP contribution < -0.4 is 0 Å². The van der Waals surface area contributed by atoms with Gasteiger partial charge in [-0.2, -0.15) is 5.10 Å². The topological polar surface area (TPSA) is 58.4 Å². The second kappa shape index (κ2) is 4.92. The average Bonchev–Trinajstić information content (AvgIpc) is 3.06. The quantitative estimate of drug-likeness (QED) is 0.799. The van der Waals surface area contributed by atoms with Crippen LogP contribution in [0.4, 0.5) is 0 Å². The van der Waals surface area contributed by atoms with Crippen LogP contribution in [0.2, 0.25) is 0 Å². The third-order valence-electron chi connectivity index (χ3n) is 4.05. The van der Waals surface area contributed by atoms with Crippen LogP contribution >= 0.6 is 0 Å². The van der Waals surface area contributed by atoms with Crippen molar-refractivity contribution in [3.05, 3.63) is 18.0 Å². The Labute approximate surface area is 118 Å². The number of nitrogens with zero attached hydrogens (tertiary/aromatic N) is 4. The molecule has 1 aliphatic heterocycles. The van der Waals surface area contributed by atoms with Gasteiger partial charge >= 0.3 is 0 Å². The molecule has 6 heteroatoms. The van der Waals surface area contributed by atoms with Gasteiger partial charge in [0.2, 0.25) is 11.8 Å². The van der Waals surface area contributed by atoms with Gasteiger partial charge in [0.05, 0.1) is 12.1 Å². The Morgan fingerprint density at radius 3 is 2.85 bits per heavy atom. The highest BCUT2D eigenvalue weighted by Gasteiger charge is 2.42. The summed E-state index contributed by atoms with van der Waals surface area (Å²) in [7, 11) is 3.65. The van der Waals surface area contributed by atoms with Crippen LogP contribution in [-0.2, 0) is 23.2 Å². The number of aryl methyl sites for hydroxylation is 1. The Balaban J connectivity index is 1.59. The minimum Gasteiger partial charge on any atom is -0.341 e. The Morgan fingerprint density at radius 2 is 2.25 bits per heavy atom. The molecule has 1 saturated heterocycles. The van der Waals surface area contributed by atoms with Crippen LogP contribution in [0.5, 0.6) is 0 Å². The minimum atomic E-state index is -0.176. The van der Waals surface area contributed by atoms with E-state index in [1.54, 1.807) is 22.8 Å². The fourth-order valence-electron chi connectivity index (χ4n) is 2.85. The third-order valence-corrected chi connectivity index (χ3v) is 4.05. The molecule has 0 bridgehead atoms. The molecule has 1 aliphatic carbocycles. The average molecular weight is 276 g/mol. The molecule has 0 radical (unpaired) electrons. The summed E-state index contributed by atoms with van der Waals surface area (Å²) in [6.07, 6.45) is 6.23. The number of carbonyl (C=O) groups is 2. The molecule has 108 valence electrons. The van der Waals surface area contributed by atoms with E-state index in [4.69, 9.17) is 0 Å². The lowest BCUT2D eigenvalue weighted by Crippen LogP contribution is -2.34. The number of carbonyl (C=O) groups excluding carboxylic acids is 2. The van der Waals surface area contributed by atoms with E-state index in [2.05, 4.69) is 5.10 Å². The first-order valence-corrected chi connectivity index (χ1v) is 7.06. The van der Waals surface area contributed by atoms with Crippen molar-refractivity contribution in [3.63, 3.8) is 0 Å². The summed E-state index contributed by atoms with van der Waals surface area (Å²) < 4.78 is 1.72. The van der Waals surface area contributed by atoms with E-state index >= 15 is 0 Å². The maximum atomic E-state index is 12.4. The molecular formula is C14H20N4O2. The predicted octanol–water partition coefficient (Wildman–Crippen LogP) is 0.389. The molecule has 2 fully saturated rings. The van der Waals surface area contributed by atoms with E-state index in [1.165, 1.54) is 0 Å². The van der Waals surface area contributed by atoms with Crippen molar-refractivity contribution in [2.75, 3.05) is 13.6 Å². The molecule has 1 atom stereocenters. The Morgan fingerprint density at radius 1 is 1.50 bits per heavy atom. The Bertz CT molecular complexity index is 535. The maximum Gasteiger partial charge on any atom is 0.228 e. The van der Waals surface area contributed by atoms with Gasteiger partial charge in [-0.25, -0.2) is 0 Å². The second-order valence-electron chi connectivity index (χ2n) is 5.89. The van der Waals surface area contributed by atoms with E-state index in [0.29, 0.717) is 25.6 Å². The molecule has 3 rings (SSSR count). The first-order chi connectivity index (χ1) is 9.54. The van der Waals surface area contributed by atoms with E-state index in [9.17, 15) is 9.59 Å². The maximum absolute atomic E-state index is 12.4. The molecule has 2 aliphatic rings. The molecular weight excluding hydrogens is 256 g/mol. The number of likely N-dealkylation sites (tertiary alicyclic amines) is 1. The summed E-state index contributed by atoms with van der Waals surface area (Å²) in [5, 5.41) is 4.10. The zero-order chi connectivity index (χ0) is 14.3. The largest absolute Gasteiger partial charge is 0.341 e. The number of aromatic nitrogens is 2. The zero-order valence-electron chi connectivity index (χ0n) is 12.0. The van der Waals surface area contributed by atoms with E-state index in [0.717, 1.165) is 18.4 Å². The summed E-state index contributed by atoms with van der Waals surface area (Å²) >= 11 is 0. The zero-order valence-corrected chi connectivity index (χ0v) is 12.0. The molecule has 0 unspecified atom stereocenters. The molecule has 6 nitrogen and oxygen atoms in total. The van der Waals surface area contributed by atoms with Crippen molar-refractivity contribution in [3.8, 4) is 0 Å². The SMILES string of the molecule is CN(Cc1cnn(C)c1)C(=O)[C@@H]1CC(=O)N(C2CC2)C1. The summed E-state index contributed by atoms with van der Waals surface area (Å²) in [6, 6.07) is 0.406. The van der Waals surface area contributed by atoms with Crippen molar-refractivity contribution >= 4 is 11.8 Å². The molecule has 1 aromatic heterocycles. The fraction of sp³-hybridized carbons (Fsp3) is 0.643. The standard InChI is InChI=1S/C14H20N4O2/c1-16(7-10-6-15-17(2)8-10)14(20)11-5-13(19)18(9-11)12-3-4-12/h6,8,11-12H,3-5,7,9H2,1-2H3/t11-/m1/s1. The molecule has 1 saturated carbocycles. The lowest BCUT2D eigenvalue weighted by molar-refractivity contribution is -0.135. The van der Waals surface area contributed by atoms with Crippen molar-refractivity contribution in [2.24, 2.45) is 13.0 Å². The molecule has 0 spiro atoms. The van der Waals surface area contributed by atoms with E-state index < -0.39 is 0 Å².